The lowest BCUT2D eigenvalue weighted by Gasteiger charge is -2.32. The first-order valence-corrected chi connectivity index (χ1v) is 8.27. The summed E-state index contributed by atoms with van der Waals surface area (Å²) in [6.07, 6.45) is 0.137. The van der Waals surface area contributed by atoms with Crippen molar-refractivity contribution < 1.29 is 24.2 Å². The Bertz CT molecular complexity index is 600. The zero-order chi connectivity index (χ0) is 18.2. The maximum Gasteiger partial charge on any atom is 0.407 e. The Morgan fingerprint density at radius 3 is 2.44 bits per heavy atom. The average molecular weight is 349 g/mol. The van der Waals surface area contributed by atoms with E-state index < -0.39 is 18.1 Å². The van der Waals surface area contributed by atoms with E-state index in [9.17, 15) is 14.4 Å². The van der Waals surface area contributed by atoms with Gasteiger partial charge in [-0.3, -0.25) is 9.69 Å². The van der Waals surface area contributed by atoms with Gasteiger partial charge in [-0.1, -0.05) is 18.2 Å². The summed E-state index contributed by atoms with van der Waals surface area (Å²) in [4.78, 5) is 38.1. The van der Waals surface area contributed by atoms with Crippen LogP contribution < -0.4 is 10.2 Å². The summed E-state index contributed by atoms with van der Waals surface area (Å²) in [6.45, 7) is 2.53. The van der Waals surface area contributed by atoms with Crippen LogP contribution in [0.1, 0.15) is 19.8 Å². The molecule has 0 saturated carbocycles. The topological polar surface area (TPSA) is 99.2 Å². The second-order valence-corrected chi connectivity index (χ2v) is 5.72. The second-order valence-electron chi connectivity index (χ2n) is 5.72. The van der Waals surface area contributed by atoms with Crippen LogP contribution in [0.2, 0.25) is 0 Å². The Kier molecular flexibility index (Phi) is 6.62. The van der Waals surface area contributed by atoms with Gasteiger partial charge in [0.1, 0.15) is 6.54 Å². The molecule has 0 aliphatic carbocycles. The lowest BCUT2D eigenvalue weighted by Crippen LogP contribution is -2.51. The lowest BCUT2D eigenvalue weighted by molar-refractivity contribution is -0.141. The number of benzene rings is 1. The van der Waals surface area contributed by atoms with Gasteiger partial charge in [0.25, 0.3) is 0 Å². The number of nitrogens with one attached hydrogen (secondary N) is 1. The molecule has 1 aromatic rings. The largest absolute Gasteiger partial charge is 0.465 e. The molecule has 1 heterocycles. The van der Waals surface area contributed by atoms with Gasteiger partial charge in [-0.2, -0.15) is 0 Å². The molecule has 0 radical (unpaired) electrons. The fraction of sp³-hybridized carbons (Fsp3) is 0.471. The number of piperidine rings is 1. The first-order chi connectivity index (χ1) is 12.0. The third-order valence-corrected chi connectivity index (χ3v) is 4.00. The highest BCUT2D eigenvalue weighted by Crippen LogP contribution is 2.16. The Morgan fingerprint density at radius 1 is 1.24 bits per heavy atom. The number of rotatable bonds is 5. The summed E-state index contributed by atoms with van der Waals surface area (Å²) < 4.78 is 4.94. The van der Waals surface area contributed by atoms with Crippen molar-refractivity contribution in [3.05, 3.63) is 30.3 Å². The van der Waals surface area contributed by atoms with Gasteiger partial charge in [0.15, 0.2) is 0 Å². The van der Waals surface area contributed by atoms with Crippen LogP contribution in [0, 0.1) is 0 Å². The van der Waals surface area contributed by atoms with E-state index >= 15 is 0 Å². The van der Waals surface area contributed by atoms with E-state index in [1.165, 1.54) is 9.80 Å². The van der Waals surface area contributed by atoms with Crippen molar-refractivity contribution in [1.29, 1.82) is 0 Å². The molecule has 0 aromatic heterocycles. The third-order valence-electron chi connectivity index (χ3n) is 4.00. The number of para-hydroxylation sites is 1. The van der Waals surface area contributed by atoms with Crippen LogP contribution >= 0.6 is 0 Å². The molecule has 3 amide bonds. The predicted octanol–water partition coefficient (Wildman–Crippen LogP) is 1.91. The molecule has 2 rings (SSSR count). The van der Waals surface area contributed by atoms with Crippen LogP contribution in [0.25, 0.3) is 0 Å². The molecule has 0 bridgehead atoms. The summed E-state index contributed by atoms with van der Waals surface area (Å²) in [5, 5.41) is 11.9. The van der Waals surface area contributed by atoms with Crippen molar-refractivity contribution in [2.75, 3.05) is 31.1 Å². The SMILES string of the molecule is CCOC(=O)CN(C(=O)NC1CCN(C(=O)O)CC1)c1ccccc1. The number of urea groups is 1. The number of carbonyl (C=O) groups is 3. The number of anilines is 1. The summed E-state index contributed by atoms with van der Waals surface area (Å²) in [7, 11) is 0. The quantitative estimate of drug-likeness (QED) is 0.791. The minimum absolute atomic E-state index is 0.128. The minimum atomic E-state index is -0.946. The number of hydrogen-bond donors (Lipinski definition) is 2. The van der Waals surface area contributed by atoms with Gasteiger partial charge in [-0.05, 0) is 31.9 Å². The van der Waals surface area contributed by atoms with Crippen LogP contribution in [-0.2, 0) is 9.53 Å². The summed E-state index contributed by atoms with van der Waals surface area (Å²) >= 11 is 0. The maximum atomic E-state index is 12.6. The van der Waals surface area contributed by atoms with Crippen LogP contribution in [0.15, 0.2) is 30.3 Å². The number of likely N-dealkylation sites (tertiary alicyclic amines) is 1. The van der Waals surface area contributed by atoms with Crippen molar-refractivity contribution in [1.82, 2.24) is 10.2 Å². The molecule has 0 atom stereocenters. The predicted molar refractivity (Wildman–Crippen MR) is 91.6 cm³/mol. The van der Waals surface area contributed by atoms with E-state index in [0.29, 0.717) is 31.6 Å². The highest BCUT2D eigenvalue weighted by atomic mass is 16.5. The van der Waals surface area contributed by atoms with E-state index in [4.69, 9.17) is 9.84 Å². The van der Waals surface area contributed by atoms with Gasteiger partial charge < -0.3 is 20.1 Å². The summed E-state index contributed by atoms with van der Waals surface area (Å²) in [6, 6.07) is 8.35. The zero-order valence-electron chi connectivity index (χ0n) is 14.2. The van der Waals surface area contributed by atoms with Gasteiger partial charge in [-0.25, -0.2) is 9.59 Å². The van der Waals surface area contributed by atoms with E-state index in [1.807, 2.05) is 6.07 Å². The molecule has 1 aliphatic rings. The molecule has 1 saturated heterocycles. The van der Waals surface area contributed by atoms with E-state index in [2.05, 4.69) is 5.32 Å². The highest BCUT2D eigenvalue weighted by molar-refractivity contribution is 5.96. The standard InChI is InChI=1S/C17H23N3O5/c1-2-25-15(21)12-20(14-6-4-3-5-7-14)16(22)18-13-8-10-19(11-9-13)17(23)24/h3-7,13H,2,8-12H2,1H3,(H,18,22)(H,23,24). The van der Waals surface area contributed by atoms with Crippen LogP contribution in [0.4, 0.5) is 15.3 Å². The van der Waals surface area contributed by atoms with Gasteiger partial charge in [-0.15, -0.1) is 0 Å². The van der Waals surface area contributed by atoms with Crippen LogP contribution in [0.3, 0.4) is 0 Å². The number of esters is 1. The third kappa shape index (κ3) is 5.37. The Labute approximate surface area is 146 Å². The molecule has 136 valence electrons. The molecule has 8 nitrogen and oxygen atoms in total. The Balaban J connectivity index is 2.00. The number of ether oxygens (including phenoxy) is 1. The smallest absolute Gasteiger partial charge is 0.407 e. The van der Waals surface area contributed by atoms with Gasteiger partial charge >= 0.3 is 18.1 Å². The van der Waals surface area contributed by atoms with Gasteiger partial charge in [0, 0.05) is 24.8 Å². The molecule has 0 spiro atoms. The molecular weight excluding hydrogens is 326 g/mol. The normalized spacial score (nSPS) is 14.7. The molecule has 1 aromatic carbocycles. The maximum absolute atomic E-state index is 12.6. The molecule has 1 aliphatic heterocycles. The van der Waals surface area contributed by atoms with E-state index in [0.717, 1.165) is 0 Å². The Hall–Kier alpha value is -2.77. The van der Waals surface area contributed by atoms with Crippen molar-refractivity contribution in [3.63, 3.8) is 0 Å². The minimum Gasteiger partial charge on any atom is -0.465 e. The number of amides is 3. The van der Waals surface area contributed by atoms with Gasteiger partial charge in [0.05, 0.1) is 6.61 Å². The molecule has 25 heavy (non-hydrogen) atoms. The molecular formula is C17H23N3O5. The number of hydrogen-bond acceptors (Lipinski definition) is 4. The number of carboxylic acid groups (broad SMARTS) is 1. The van der Waals surface area contributed by atoms with Crippen molar-refractivity contribution in [3.8, 4) is 0 Å². The van der Waals surface area contributed by atoms with Crippen LogP contribution in [-0.4, -0.2) is 60.4 Å². The fourth-order valence-electron chi connectivity index (χ4n) is 2.69. The fourth-order valence-corrected chi connectivity index (χ4v) is 2.69. The average Bonchev–Trinajstić information content (AvgIpc) is 2.61. The zero-order valence-corrected chi connectivity index (χ0v) is 14.2. The lowest BCUT2D eigenvalue weighted by atomic mass is 10.1. The second kappa shape index (κ2) is 8.91. The molecule has 0 unspecified atom stereocenters. The summed E-state index contributed by atoms with van der Waals surface area (Å²) in [5.74, 6) is -0.484. The monoisotopic (exact) mass is 349 g/mol. The summed E-state index contributed by atoms with van der Waals surface area (Å²) in [5.41, 5.74) is 0.594. The molecule has 2 N–H and O–H groups in total. The number of carbonyl (C=O) groups excluding carboxylic acids is 2. The van der Waals surface area contributed by atoms with Crippen molar-refractivity contribution >= 4 is 23.8 Å². The first-order valence-electron chi connectivity index (χ1n) is 8.27. The molecule has 8 heteroatoms. The van der Waals surface area contributed by atoms with Gasteiger partial charge in [0.2, 0.25) is 0 Å². The van der Waals surface area contributed by atoms with Crippen molar-refractivity contribution in [2.45, 2.75) is 25.8 Å². The molecule has 1 fully saturated rings. The van der Waals surface area contributed by atoms with Crippen molar-refractivity contribution in [2.24, 2.45) is 0 Å². The Morgan fingerprint density at radius 2 is 1.88 bits per heavy atom. The van der Waals surface area contributed by atoms with E-state index in [-0.39, 0.29) is 19.2 Å². The van der Waals surface area contributed by atoms with E-state index in [1.54, 1.807) is 31.2 Å². The highest BCUT2D eigenvalue weighted by Gasteiger charge is 2.26. The number of nitrogens with zero attached hydrogens (tertiary/aromatic N) is 2. The first kappa shape index (κ1) is 18.6. The van der Waals surface area contributed by atoms with Crippen LogP contribution in [0.5, 0.6) is 0 Å².